The van der Waals surface area contributed by atoms with E-state index < -0.39 is 12.2 Å². The molecule has 0 aromatic heterocycles. The first-order valence-corrected chi connectivity index (χ1v) is 2.89. The van der Waals surface area contributed by atoms with Crippen molar-refractivity contribution in [3.8, 4) is 0 Å². The molecule has 1 aliphatic heterocycles. The van der Waals surface area contributed by atoms with Crippen molar-refractivity contribution in [3.63, 3.8) is 0 Å². The van der Waals surface area contributed by atoms with Crippen molar-refractivity contribution in [1.29, 1.82) is 0 Å². The molecule has 1 amide bonds. The molecular formula is C4H6F3N3O. The number of nitrogens with one attached hydrogen (secondary N) is 2. The minimum absolute atomic E-state index is 0.00833. The van der Waals surface area contributed by atoms with Crippen LogP contribution < -0.4 is 11.0 Å². The van der Waals surface area contributed by atoms with Crippen LogP contribution in [0.2, 0.25) is 0 Å². The number of halogens is 3. The molecule has 0 bridgehead atoms. The van der Waals surface area contributed by atoms with Gasteiger partial charge in [-0.2, -0.15) is 18.7 Å². The summed E-state index contributed by atoms with van der Waals surface area (Å²) in [5.41, 5.74) is 3.57. The van der Waals surface area contributed by atoms with Crippen molar-refractivity contribution in [2.24, 2.45) is 0 Å². The minimum atomic E-state index is -4.44. The summed E-state index contributed by atoms with van der Waals surface area (Å²) in [7, 11) is 0. The van der Waals surface area contributed by atoms with Gasteiger partial charge in [-0.1, -0.05) is 0 Å². The van der Waals surface area contributed by atoms with E-state index in [2.05, 4.69) is 0 Å². The largest absolute Gasteiger partial charge is 0.474 e. The Kier molecular flexibility index (Phi) is 2.01. The predicted octanol–water partition coefficient (Wildman–Crippen LogP) is -0.252. The quantitative estimate of drug-likeness (QED) is 0.491. The second-order valence-corrected chi connectivity index (χ2v) is 2.03. The molecule has 7 heteroatoms. The first kappa shape index (κ1) is 8.28. The molecule has 1 rings (SSSR count). The van der Waals surface area contributed by atoms with Gasteiger partial charge in [-0.15, -0.1) is 5.01 Å². The van der Waals surface area contributed by atoms with E-state index in [9.17, 15) is 18.0 Å². The number of carbonyl (C=O) groups is 1. The molecule has 1 heterocycles. The lowest BCUT2D eigenvalue weighted by atomic mass is 10.4. The Labute approximate surface area is 60.3 Å². The zero-order valence-electron chi connectivity index (χ0n) is 5.40. The summed E-state index contributed by atoms with van der Waals surface area (Å²) in [6.07, 6.45) is -4.58. The zero-order chi connectivity index (χ0) is 8.48. The molecule has 11 heavy (non-hydrogen) atoms. The highest BCUT2D eigenvalue weighted by atomic mass is 19.4. The summed E-state index contributed by atoms with van der Waals surface area (Å²) in [6, 6.07) is 0. The van der Waals surface area contributed by atoms with Gasteiger partial charge in [0.25, 0.3) is 0 Å². The van der Waals surface area contributed by atoms with Crippen LogP contribution in [0, 0.1) is 0 Å². The number of alkyl halides is 3. The molecule has 0 saturated carbocycles. The second-order valence-electron chi connectivity index (χ2n) is 2.03. The Morgan fingerprint density at radius 2 is 2.09 bits per heavy atom. The van der Waals surface area contributed by atoms with Crippen LogP contribution in [-0.2, 0) is 4.79 Å². The van der Waals surface area contributed by atoms with Crippen molar-refractivity contribution >= 4 is 5.91 Å². The van der Waals surface area contributed by atoms with Crippen molar-refractivity contribution < 1.29 is 18.0 Å². The van der Waals surface area contributed by atoms with Gasteiger partial charge < -0.3 is 0 Å². The number of hydrazine groups is 2. The van der Waals surface area contributed by atoms with E-state index in [0.29, 0.717) is 0 Å². The summed E-state index contributed by atoms with van der Waals surface area (Å²) in [5, 5.41) is 0.00833. The number of amides is 1. The molecule has 0 aliphatic carbocycles. The monoisotopic (exact) mass is 169 g/mol. The molecule has 1 fully saturated rings. The van der Waals surface area contributed by atoms with Crippen molar-refractivity contribution in [1.82, 2.24) is 16.0 Å². The van der Waals surface area contributed by atoms with Crippen LogP contribution in [0.3, 0.4) is 0 Å². The first-order chi connectivity index (χ1) is 5.00. The standard InChI is InChI=1S/C4H6F3N3O/c5-4(6,7)10-2-1-3(11)8-9-10/h9H,1-2H2,(H,8,11). The number of hydrogen-bond acceptors (Lipinski definition) is 3. The Balaban J connectivity index is 2.45. The Hall–Kier alpha value is -0.820. The molecule has 0 spiro atoms. The Bertz CT molecular complexity index is 158. The van der Waals surface area contributed by atoms with Gasteiger partial charge in [0.2, 0.25) is 5.91 Å². The van der Waals surface area contributed by atoms with E-state index >= 15 is 0 Å². The van der Waals surface area contributed by atoms with Crippen LogP contribution in [0.15, 0.2) is 0 Å². The maximum absolute atomic E-state index is 11.8. The molecule has 2 N–H and O–H groups in total. The number of nitrogens with zero attached hydrogens (tertiary/aromatic N) is 1. The lowest BCUT2D eigenvalue weighted by Crippen LogP contribution is -2.60. The van der Waals surface area contributed by atoms with Crippen LogP contribution in [-0.4, -0.2) is 23.8 Å². The maximum atomic E-state index is 11.8. The van der Waals surface area contributed by atoms with Crippen LogP contribution in [0.25, 0.3) is 0 Å². The highest BCUT2D eigenvalue weighted by Gasteiger charge is 2.39. The molecule has 0 aromatic carbocycles. The summed E-state index contributed by atoms with van der Waals surface area (Å²) in [5.74, 6) is -0.439. The van der Waals surface area contributed by atoms with Gasteiger partial charge in [0.1, 0.15) is 0 Å². The van der Waals surface area contributed by atoms with Crippen molar-refractivity contribution in [2.45, 2.75) is 12.7 Å². The predicted molar refractivity (Wildman–Crippen MR) is 28.7 cm³/mol. The molecule has 0 aromatic rings. The van der Waals surface area contributed by atoms with E-state index in [1.165, 1.54) is 0 Å². The molecule has 1 saturated heterocycles. The SMILES string of the molecule is O=C1CCN(C(F)(F)F)NN1. The van der Waals surface area contributed by atoms with Gasteiger partial charge in [-0.05, 0) is 0 Å². The van der Waals surface area contributed by atoms with Gasteiger partial charge in [0.15, 0.2) is 0 Å². The van der Waals surface area contributed by atoms with Crippen LogP contribution in [0.4, 0.5) is 13.2 Å². The van der Waals surface area contributed by atoms with E-state index in [1.807, 2.05) is 5.43 Å². The van der Waals surface area contributed by atoms with Gasteiger partial charge >= 0.3 is 6.30 Å². The lowest BCUT2D eigenvalue weighted by molar-refractivity contribution is -0.271. The van der Waals surface area contributed by atoms with Crippen molar-refractivity contribution in [2.75, 3.05) is 6.54 Å². The van der Waals surface area contributed by atoms with Crippen LogP contribution in [0.5, 0.6) is 0 Å². The Morgan fingerprint density at radius 1 is 1.45 bits per heavy atom. The van der Waals surface area contributed by atoms with Gasteiger partial charge in [0, 0.05) is 13.0 Å². The normalized spacial score (nSPS) is 21.5. The third kappa shape index (κ3) is 2.05. The zero-order valence-corrected chi connectivity index (χ0v) is 5.40. The summed E-state index contributed by atoms with van der Waals surface area (Å²) in [4.78, 5) is 10.4. The molecule has 0 radical (unpaired) electrons. The summed E-state index contributed by atoms with van der Waals surface area (Å²) < 4.78 is 35.3. The van der Waals surface area contributed by atoms with E-state index in [1.54, 1.807) is 5.53 Å². The van der Waals surface area contributed by atoms with Crippen molar-refractivity contribution in [3.05, 3.63) is 0 Å². The number of carbonyl (C=O) groups excluding carboxylic acids is 1. The smallest absolute Gasteiger partial charge is 0.277 e. The fourth-order valence-electron chi connectivity index (χ4n) is 0.652. The fourth-order valence-corrected chi connectivity index (χ4v) is 0.652. The average molecular weight is 169 g/mol. The molecule has 64 valence electrons. The third-order valence-electron chi connectivity index (χ3n) is 1.20. The van der Waals surface area contributed by atoms with E-state index in [-0.39, 0.29) is 18.0 Å². The Morgan fingerprint density at radius 3 is 2.45 bits per heavy atom. The van der Waals surface area contributed by atoms with Crippen LogP contribution in [0.1, 0.15) is 6.42 Å². The van der Waals surface area contributed by atoms with Gasteiger partial charge in [-0.3, -0.25) is 10.2 Å². The number of hydrogen-bond donors (Lipinski definition) is 2. The molecule has 4 nitrogen and oxygen atoms in total. The lowest BCUT2D eigenvalue weighted by Gasteiger charge is -2.28. The second kappa shape index (κ2) is 2.67. The highest BCUT2D eigenvalue weighted by molar-refractivity contribution is 5.75. The van der Waals surface area contributed by atoms with Gasteiger partial charge in [0.05, 0.1) is 0 Å². The number of rotatable bonds is 0. The van der Waals surface area contributed by atoms with Gasteiger partial charge in [-0.25, -0.2) is 0 Å². The van der Waals surface area contributed by atoms with E-state index in [4.69, 9.17) is 0 Å². The molecule has 1 aliphatic rings. The summed E-state index contributed by atoms with van der Waals surface area (Å²) >= 11 is 0. The summed E-state index contributed by atoms with van der Waals surface area (Å²) in [6.45, 7) is -0.352. The van der Waals surface area contributed by atoms with E-state index in [0.717, 1.165) is 0 Å². The average Bonchev–Trinajstić information content (AvgIpc) is 1.86. The highest BCUT2D eigenvalue weighted by Crippen LogP contribution is 2.19. The van der Waals surface area contributed by atoms with Crippen LogP contribution >= 0.6 is 0 Å². The molecule has 0 unspecified atom stereocenters. The maximum Gasteiger partial charge on any atom is 0.474 e. The topological polar surface area (TPSA) is 44.4 Å². The fraction of sp³-hybridized carbons (Fsp3) is 0.750. The molecular weight excluding hydrogens is 163 g/mol. The third-order valence-corrected chi connectivity index (χ3v) is 1.20. The minimum Gasteiger partial charge on any atom is -0.277 e. The first-order valence-electron chi connectivity index (χ1n) is 2.89. The molecule has 0 atom stereocenters.